The van der Waals surface area contributed by atoms with Crippen LogP contribution in [0.25, 0.3) is 11.1 Å². The van der Waals surface area contributed by atoms with Crippen LogP contribution in [-0.4, -0.2) is 12.0 Å². The molecule has 0 fully saturated rings. The molecule has 0 saturated carbocycles. The lowest BCUT2D eigenvalue weighted by atomic mass is 10.0. The van der Waals surface area contributed by atoms with Gasteiger partial charge < -0.3 is 16.2 Å². The third kappa shape index (κ3) is 2.28. The van der Waals surface area contributed by atoms with Crippen LogP contribution in [0.5, 0.6) is 5.75 Å². The Balaban J connectivity index is 2.57. The Kier molecular flexibility index (Phi) is 3.24. The van der Waals surface area contributed by atoms with E-state index in [9.17, 15) is 10.1 Å². The van der Waals surface area contributed by atoms with Crippen molar-refractivity contribution in [1.29, 1.82) is 0 Å². The van der Waals surface area contributed by atoms with Gasteiger partial charge in [-0.25, -0.2) is 0 Å². The minimum Gasteiger partial charge on any atom is -0.497 e. The molecule has 0 aliphatic heterocycles. The zero-order chi connectivity index (χ0) is 14.0. The van der Waals surface area contributed by atoms with E-state index in [0.29, 0.717) is 11.3 Å². The lowest BCUT2D eigenvalue weighted by molar-refractivity contribution is -0.383. The number of methoxy groups -OCH3 is 1. The van der Waals surface area contributed by atoms with Crippen molar-refractivity contribution in [2.24, 2.45) is 0 Å². The number of nitrogens with zero attached hydrogens (tertiary/aromatic N) is 1. The number of hydrogen-bond acceptors (Lipinski definition) is 5. The van der Waals surface area contributed by atoms with Gasteiger partial charge in [0, 0.05) is 11.6 Å². The second kappa shape index (κ2) is 4.85. The van der Waals surface area contributed by atoms with Gasteiger partial charge in [0.2, 0.25) is 0 Å². The van der Waals surface area contributed by atoms with E-state index in [4.69, 9.17) is 16.2 Å². The number of nitro benzene ring substituents is 1. The van der Waals surface area contributed by atoms with Gasteiger partial charge in [-0.05, 0) is 23.8 Å². The first-order valence-corrected chi connectivity index (χ1v) is 5.51. The van der Waals surface area contributed by atoms with Gasteiger partial charge in [-0.1, -0.05) is 12.1 Å². The van der Waals surface area contributed by atoms with Crippen molar-refractivity contribution in [3.8, 4) is 16.9 Å². The van der Waals surface area contributed by atoms with E-state index in [1.807, 2.05) is 12.1 Å². The lowest BCUT2D eigenvalue weighted by Crippen LogP contribution is -2.02. The molecule has 0 amide bonds. The Morgan fingerprint density at radius 1 is 1.16 bits per heavy atom. The molecular formula is C13H13N3O3. The fourth-order valence-electron chi connectivity index (χ4n) is 1.83. The van der Waals surface area contributed by atoms with E-state index in [1.54, 1.807) is 25.3 Å². The molecule has 6 nitrogen and oxygen atoms in total. The zero-order valence-corrected chi connectivity index (χ0v) is 10.3. The third-order valence-corrected chi connectivity index (χ3v) is 2.84. The van der Waals surface area contributed by atoms with Crippen molar-refractivity contribution in [3.05, 3.63) is 46.5 Å². The van der Waals surface area contributed by atoms with Gasteiger partial charge in [-0.3, -0.25) is 10.1 Å². The van der Waals surface area contributed by atoms with Gasteiger partial charge >= 0.3 is 0 Å². The highest BCUT2D eigenvalue weighted by atomic mass is 16.6. The van der Waals surface area contributed by atoms with Crippen molar-refractivity contribution in [3.63, 3.8) is 0 Å². The van der Waals surface area contributed by atoms with Crippen molar-refractivity contribution in [2.45, 2.75) is 0 Å². The lowest BCUT2D eigenvalue weighted by Gasteiger charge is -2.10. The molecule has 0 atom stereocenters. The molecule has 98 valence electrons. The third-order valence-electron chi connectivity index (χ3n) is 2.84. The van der Waals surface area contributed by atoms with Gasteiger partial charge in [0.25, 0.3) is 5.69 Å². The number of nitrogen functional groups attached to an aromatic ring is 2. The van der Waals surface area contributed by atoms with Crippen LogP contribution in [0.1, 0.15) is 0 Å². The summed E-state index contributed by atoms with van der Waals surface area (Å²) < 4.78 is 5.13. The van der Waals surface area contributed by atoms with Crippen molar-refractivity contribution in [2.75, 3.05) is 18.6 Å². The van der Waals surface area contributed by atoms with Gasteiger partial charge in [0.05, 0.1) is 17.7 Å². The monoisotopic (exact) mass is 259 g/mol. The predicted octanol–water partition coefficient (Wildman–Crippen LogP) is 2.43. The predicted molar refractivity (Wildman–Crippen MR) is 73.9 cm³/mol. The molecular weight excluding hydrogens is 246 g/mol. The highest BCUT2D eigenvalue weighted by Gasteiger charge is 2.17. The first-order chi connectivity index (χ1) is 9.04. The smallest absolute Gasteiger partial charge is 0.294 e. The van der Waals surface area contributed by atoms with Gasteiger partial charge in [0.1, 0.15) is 11.4 Å². The van der Waals surface area contributed by atoms with Crippen LogP contribution in [0, 0.1) is 10.1 Å². The van der Waals surface area contributed by atoms with Crippen LogP contribution in [0.4, 0.5) is 17.1 Å². The van der Waals surface area contributed by atoms with Crippen LogP contribution in [-0.2, 0) is 0 Å². The molecule has 4 N–H and O–H groups in total. The highest BCUT2D eigenvalue weighted by molar-refractivity contribution is 5.89. The first kappa shape index (κ1) is 12.7. The van der Waals surface area contributed by atoms with E-state index in [0.717, 1.165) is 5.56 Å². The Morgan fingerprint density at radius 3 is 2.53 bits per heavy atom. The second-order valence-corrected chi connectivity index (χ2v) is 3.95. The van der Waals surface area contributed by atoms with Gasteiger partial charge in [-0.15, -0.1) is 0 Å². The van der Waals surface area contributed by atoms with E-state index >= 15 is 0 Å². The summed E-state index contributed by atoms with van der Waals surface area (Å²) in [5, 5.41) is 10.8. The normalized spacial score (nSPS) is 10.2. The largest absolute Gasteiger partial charge is 0.497 e. The van der Waals surface area contributed by atoms with E-state index in [1.165, 1.54) is 6.07 Å². The molecule has 2 rings (SSSR count). The van der Waals surface area contributed by atoms with E-state index < -0.39 is 4.92 Å². The second-order valence-electron chi connectivity index (χ2n) is 3.95. The molecule has 2 aromatic rings. The Labute approximate surface area is 109 Å². The number of rotatable bonds is 3. The van der Waals surface area contributed by atoms with Crippen LogP contribution >= 0.6 is 0 Å². The number of benzene rings is 2. The van der Waals surface area contributed by atoms with Crippen LogP contribution < -0.4 is 16.2 Å². The molecule has 0 aliphatic carbocycles. The minimum absolute atomic E-state index is 0.0229. The maximum absolute atomic E-state index is 10.8. The van der Waals surface area contributed by atoms with Gasteiger partial charge in [-0.2, -0.15) is 0 Å². The molecule has 19 heavy (non-hydrogen) atoms. The number of ether oxygens (including phenoxy) is 1. The molecule has 0 radical (unpaired) electrons. The van der Waals surface area contributed by atoms with E-state index in [2.05, 4.69) is 0 Å². The maximum Gasteiger partial charge on any atom is 0.294 e. The summed E-state index contributed by atoms with van der Waals surface area (Å²) in [5.74, 6) is 0.675. The summed E-state index contributed by atoms with van der Waals surface area (Å²) in [5.41, 5.74) is 13.0. The summed E-state index contributed by atoms with van der Waals surface area (Å²) in [6.07, 6.45) is 0. The molecule has 0 unspecified atom stereocenters. The first-order valence-electron chi connectivity index (χ1n) is 5.51. The zero-order valence-electron chi connectivity index (χ0n) is 10.3. The molecule has 2 aromatic carbocycles. The Hall–Kier alpha value is -2.76. The fourth-order valence-corrected chi connectivity index (χ4v) is 1.83. The summed E-state index contributed by atoms with van der Waals surface area (Å²) >= 11 is 0. The average Bonchev–Trinajstić information content (AvgIpc) is 2.41. The standard InChI is InChI=1S/C13H13N3O3/c1-19-9-4-2-3-8(7-9)10-5-6-11(16(17)18)13(15)12(10)14/h2-7H,14-15H2,1H3. The molecule has 0 heterocycles. The minimum atomic E-state index is -0.555. The maximum atomic E-state index is 10.8. The fraction of sp³-hybridized carbons (Fsp3) is 0.0769. The molecule has 6 heteroatoms. The molecule has 0 saturated heterocycles. The van der Waals surface area contributed by atoms with Crippen LogP contribution in [0.15, 0.2) is 36.4 Å². The molecule has 0 bridgehead atoms. The summed E-state index contributed by atoms with van der Waals surface area (Å²) in [6, 6.07) is 10.2. The van der Waals surface area contributed by atoms with Crippen molar-refractivity contribution in [1.82, 2.24) is 0 Å². The Bertz CT molecular complexity index is 641. The van der Waals surface area contributed by atoms with E-state index in [-0.39, 0.29) is 17.1 Å². The summed E-state index contributed by atoms with van der Waals surface area (Å²) in [6.45, 7) is 0. The Morgan fingerprint density at radius 2 is 1.89 bits per heavy atom. The van der Waals surface area contributed by atoms with Crippen molar-refractivity contribution < 1.29 is 9.66 Å². The quantitative estimate of drug-likeness (QED) is 0.500. The average molecular weight is 259 g/mol. The van der Waals surface area contributed by atoms with Crippen LogP contribution in [0.3, 0.4) is 0 Å². The summed E-state index contributed by atoms with van der Waals surface area (Å²) in [4.78, 5) is 10.2. The van der Waals surface area contributed by atoms with Crippen LogP contribution in [0.2, 0.25) is 0 Å². The molecule has 0 spiro atoms. The number of hydrogen-bond donors (Lipinski definition) is 2. The molecule has 0 aromatic heterocycles. The number of nitro groups is 1. The number of anilines is 2. The van der Waals surface area contributed by atoms with Crippen molar-refractivity contribution >= 4 is 17.1 Å². The SMILES string of the molecule is COc1cccc(-c2ccc([N+](=O)[O-])c(N)c2N)c1. The highest BCUT2D eigenvalue weighted by Crippen LogP contribution is 2.37. The molecule has 0 aliphatic rings. The topological polar surface area (TPSA) is 104 Å². The number of nitrogens with two attached hydrogens (primary N) is 2. The van der Waals surface area contributed by atoms with Gasteiger partial charge in [0.15, 0.2) is 0 Å². The summed E-state index contributed by atoms with van der Waals surface area (Å²) in [7, 11) is 1.56.